The number of hydrogen-bond donors (Lipinski definition) is 3. The Morgan fingerprint density at radius 2 is 2.17 bits per heavy atom. The number of piperidine rings is 1. The van der Waals surface area contributed by atoms with E-state index in [1.807, 2.05) is 18.2 Å². The predicted molar refractivity (Wildman–Crippen MR) is 91.5 cm³/mol. The van der Waals surface area contributed by atoms with E-state index >= 15 is 0 Å². The molecule has 1 aromatic carbocycles. The Morgan fingerprint density at radius 1 is 1.30 bits per heavy atom. The van der Waals surface area contributed by atoms with Gasteiger partial charge in [-0.2, -0.15) is 0 Å². The molecule has 0 bridgehead atoms. The molecular weight excluding hydrogens is 288 g/mol. The van der Waals surface area contributed by atoms with Crippen LogP contribution in [0.4, 0.5) is 5.69 Å². The van der Waals surface area contributed by atoms with E-state index in [2.05, 4.69) is 27.5 Å². The van der Waals surface area contributed by atoms with Crippen molar-refractivity contribution in [3.8, 4) is 0 Å². The molecule has 0 spiro atoms. The lowest BCUT2D eigenvalue weighted by Gasteiger charge is -2.27. The van der Waals surface area contributed by atoms with Crippen LogP contribution in [0.1, 0.15) is 50.8 Å². The van der Waals surface area contributed by atoms with Gasteiger partial charge in [0.05, 0.1) is 11.0 Å². The maximum atomic E-state index is 12.5. The Morgan fingerprint density at radius 3 is 2.91 bits per heavy atom. The SMILES string of the molecule is C[C@H]1C[C@@H](C(=O)Nc2ccc3nc(C4CCC4)[nH]c3c2)CCN1. The van der Waals surface area contributed by atoms with Crippen LogP contribution in [0.15, 0.2) is 18.2 Å². The van der Waals surface area contributed by atoms with Crippen LogP contribution >= 0.6 is 0 Å². The van der Waals surface area contributed by atoms with Crippen LogP contribution < -0.4 is 10.6 Å². The average molecular weight is 312 g/mol. The van der Waals surface area contributed by atoms with Crippen molar-refractivity contribution in [2.75, 3.05) is 11.9 Å². The minimum atomic E-state index is 0.106. The Balaban J connectivity index is 1.48. The Kier molecular flexibility index (Phi) is 3.81. The average Bonchev–Trinajstić information content (AvgIpc) is 2.87. The molecule has 2 aliphatic rings. The van der Waals surface area contributed by atoms with Gasteiger partial charge in [0, 0.05) is 23.6 Å². The van der Waals surface area contributed by atoms with Crippen LogP contribution in [-0.2, 0) is 4.79 Å². The first-order valence-corrected chi connectivity index (χ1v) is 8.73. The number of imidazole rings is 1. The molecular formula is C18H24N4O. The van der Waals surface area contributed by atoms with Gasteiger partial charge in [0.2, 0.25) is 5.91 Å². The van der Waals surface area contributed by atoms with Gasteiger partial charge in [-0.25, -0.2) is 4.98 Å². The van der Waals surface area contributed by atoms with E-state index in [1.54, 1.807) is 0 Å². The fourth-order valence-corrected chi connectivity index (χ4v) is 3.60. The highest BCUT2D eigenvalue weighted by molar-refractivity contribution is 5.94. The van der Waals surface area contributed by atoms with Crippen molar-refractivity contribution < 1.29 is 4.79 Å². The van der Waals surface area contributed by atoms with Gasteiger partial charge in [0.1, 0.15) is 5.82 Å². The lowest BCUT2D eigenvalue weighted by atomic mass is 9.85. The maximum Gasteiger partial charge on any atom is 0.227 e. The van der Waals surface area contributed by atoms with E-state index in [0.717, 1.165) is 41.9 Å². The van der Waals surface area contributed by atoms with Gasteiger partial charge in [-0.05, 0) is 57.4 Å². The van der Waals surface area contributed by atoms with E-state index in [-0.39, 0.29) is 11.8 Å². The topological polar surface area (TPSA) is 69.8 Å². The van der Waals surface area contributed by atoms with E-state index in [0.29, 0.717) is 12.0 Å². The minimum Gasteiger partial charge on any atom is -0.342 e. The van der Waals surface area contributed by atoms with Crippen LogP contribution in [-0.4, -0.2) is 28.5 Å². The molecule has 2 atom stereocenters. The summed E-state index contributed by atoms with van der Waals surface area (Å²) in [7, 11) is 0. The number of carbonyl (C=O) groups is 1. The second-order valence-corrected chi connectivity index (χ2v) is 7.05. The van der Waals surface area contributed by atoms with Crippen LogP contribution in [0, 0.1) is 5.92 Å². The summed E-state index contributed by atoms with van der Waals surface area (Å²) in [4.78, 5) is 20.6. The third-order valence-electron chi connectivity index (χ3n) is 5.25. The van der Waals surface area contributed by atoms with Gasteiger partial charge in [-0.1, -0.05) is 6.42 Å². The van der Waals surface area contributed by atoms with Crippen LogP contribution in [0.2, 0.25) is 0 Å². The smallest absolute Gasteiger partial charge is 0.227 e. The fourth-order valence-electron chi connectivity index (χ4n) is 3.60. The molecule has 1 saturated heterocycles. The first-order valence-electron chi connectivity index (χ1n) is 8.73. The second-order valence-electron chi connectivity index (χ2n) is 7.05. The molecule has 3 N–H and O–H groups in total. The van der Waals surface area contributed by atoms with Crippen molar-refractivity contribution in [3.05, 3.63) is 24.0 Å². The number of rotatable bonds is 3. The standard InChI is InChI=1S/C18H24N4O/c1-11-9-13(7-8-19-11)18(23)20-14-5-6-15-16(10-14)22-17(21-15)12-3-2-4-12/h5-6,10-13,19H,2-4,7-9H2,1H3,(H,20,23)(H,21,22)/t11-,13-/m0/s1. The minimum absolute atomic E-state index is 0.106. The summed E-state index contributed by atoms with van der Waals surface area (Å²) >= 11 is 0. The zero-order valence-electron chi connectivity index (χ0n) is 13.6. The van der Waals surface area contributed by atoms with Gasteiger partial charge >= 0.3 is 0 Å². The summed E-state index contributed by atoms with van der Waals surface area (Å²) in [5.41, 5.74) is 2.86. The third-order valence-corrected chi connectivity index (χ3v) is 5.25. The van der Waals surface area contributed by atoms with Crippen LogP contribution in [0.25, 0.3) is 11.0 Å². The predicted octanol–water partition coefficient (Wildman–Crippen LogP) is 3.16. The number of carbonyl (C=O) groups excluding carboxylic acids is 1. The number of fused-ring (bicyclic) bond motifs is 1. The largest absolute Gasteiger partial charge is 0.342 e. The Bertz CT molecular complexity index is 719. The monoisotopic (exact) mass is 312 g/mol. The Labute approximate surface area is 136 Å². The molecule has 1 saturated carbocycles. The fraction of sp³-hybridized carbons (Fsp3) is 0.556. The van der Waals surface area contributed by atoms with Gasteiger partial charge in [0.15, 0.2) is 0 Å². The number of aromatic nitrogens is 2. The van der Waals surface area contributed by atoms with Crippen LogP contribution in [0.5, 0.6) is 0 Å². The van der Waals surface area contributed by atoms with Crippen molar-refractivity contribution in [3.63, 3.8) is 0 Å². The highest BCUT2D eigenvalue weighted by Gasteiger charge is 2.25. The van der Waals surface area contributed by atoms with E-state index in [1.165, 1.54) is 19.3 Å². The highest BCUT2D eigenvalue weighted by atomic mass is 16.1. The molecule has 23 heavy (non-hydrogen) atoms. The number of nitrogens with one attached hydrogen (secondary N) is 3. The van der Waals surface area contributed by atoms with Crippen LogP contribution in [0.3, 0.4) is 0 Å². The quantitative estimate of drug-likeness (QED) is 0.815. The highest BCUT2D eigenvalue weighted by Crippen LogP contribution is 2.35. The molecule has 0 unspecified atom stereocenters. The zero-order valence-corrected chi connectivity index (χ0v) is 13.6. The summed E-state index contributed by atoms with van der Waals surface area (Å²) in [5.74, 6) is 1.93. The maximum absolute atomic E-state index is 12.5. The lowest BCUT2D eigenvalue weighted by Crippen LogP contribution is -2.40. The number of aromatic amines is 1. The molecule has 2 heterocycles. The number of H-pyrrole nitrogens is 1. The zero-order chi connectivity index (χ0) is 15.8. The van der Waals surface area contributed by atoms with Crippen molar-refractivity contribution >= 4 is 22.6 Å². The van der Waals surface area contributed by atoms with Crippen molar-refractivity contribution in [1.29, 1.82) is 0 Å². The molecule has 1 aliphatic heterocycles. The lowest BCUT2D eigenvalue weighted by molar-refractivity contribution is -0.120. The van der Waals surface area contributed by atoms with Crippen molar-refractivity contribution in [2.24, 2.45) is 5.92 Å². The van der Waals surface area contributed by atoms with Gasteiger partial charge in [-0.3, -0.25) is 4.79 Å². The Hall–Kier alpha value is -1.88. The van der Waals surface area contributed by atoms with Gasteiger partial charge < -0.3 is 15.6 Å². The molecule has 4 rings (SSSR count). The molecule has 5 heteroatoms. The van der Waals surface area contributed by atoms with Crippen molar-refractivity contribution in [1.82, 2.24) is 15.3 Å². The van der Waals surface area contributed by atoms with Gasteiger partial charge in [0.25, 0.3) is 0 Å². The molecule has 1 aromatic heterocycles. The van der Waals surface area contributed by atoms with Gasteiger partial charge in [-0.15, -0.1) is 0 Å². The number of hydrogen-bond acceptors (Lipinski definition) is 3. The van der Waals surface area contributed by atoms with E-state index in [4.69, 9.17) is 0 Å². The third kappa shape index (κ3) is 2.98. The first-order chi connectivity index (χ1) is 11.2. The van der Waals surface area contributed by atoms with E-state index in [9.17, 15) is 4.79 Å². The molecule has 122 valence electrons. The summed E-state index contributed by atoms with van der Waals surface area (Å²) in [6.07, 6.45) is 5.59. The van der Waals surface area contributed by atoms with Crippen molar-refractivity contribution in [2.45, 2.75) is 51.0 Å². The number of nitrogens with zero attached hydrogens (tertiary/aromatic N) is 1. The molecule has 5 nitrogen and oxygen atoms in total. The molecule has 0 radical (unpaired) electrons. The molecule has 1 amide bonds. The summed E-state index contributed by atoms with van der Waals surface area (Å²) < 4.78 is 0. The summed E-state index contributed by atoms with van der Waals surface area (Å²) in [6, 6.07) is 6.37. The summed E-state index contributed by atoms with van der Waals surface area (Å²) in [5, 5.41) is 6.46. The number of amides is 1. The van der Waals surface area contributed by atoms with E-state index < -0.39 is 0 Å². The molecule has 2 aromatic rings. The normalized spacial score (nSPS) is 25.3. The molecule has 1 aliphatic carbocycles. The second kappa shape index (κ2) is 5.96. The number of benzene rings is 1. The molecule has 2 fully saturated rings. The summed E-state index contributed by atoms with van der Waals surface area (Å²) in [6.45, 7) is 3.06. The first kappa shape index (κ1) is 14.7. The number of anilines is 1.